The lowest BCUT2D eigenvalue weighted by Gasteiger charge is -2.33. The van der Waals surface area contributed by atoms with Crippen molar-refractivity contribution < 1.29 is 26.3 Å². The van der Waals surface area contributed by atoms with E-state index >= 15 is 0 Å². The number of allylic oxidation sites excluding steroid dienone is 3. The minimum Gasteiger partial charge on any atom is -0.329 e. The maximum Gasteiger partial charge on any atom is 0.416 e. The van der Waals surface area contributed by atoms with Crippen LogP contribution in [0.2, 0.25) is 0 Å². The molecule has 0 saturated heterocycles. The lowest BCUT2D eigenvalue weighted by Crippen LogP contribution is -2.44. The average molecular weight is 245 g/mol. The molecule has 0 heterocycles. The zero-order chi connectivity index (χ0) is 12.6. The fraction of sp³-hybridized carbons (Fsp3) is 0.556. The van der Waals surface area contributed by atoms with Gasteiger partial charge in [0.2, 0.25) is 0 Å². The summed E-state index contributed by atoms with van der Waals surface area (Å²) in [4.78, 5) is 0. The van der Waals surface area contributed by atoms with Gasteiger partial charge in [0.15, 0.2) is 0 Å². The number of hydrogen-bond donors (Lipinski definition) is 1. The molecule has 1 rings (SSSR count). The summed E-state index contributed by atoms with van der Waals surface area (Å²) in [7, 11) is 0. The molecule has 1 nitrogen and oxygen atoms in total. The first-order chi connectivity index (χ1) is 7.12. The van der Waals surface area contributed by atoms with Crippen molar-refractivity contribution in [3.63, 3.8) is 0 Å². The quantitative estimate of drug-likeness (QED) is 0.706. The Morgan fingerprint density at radius 3 is 2.12 bits per heavy atom. The third-order valence-corrected chi connectivity index (χ3v) is 2.47. The van der Waals surface area contributed by atoms with Gasteiger partial charge in [0.25, 0.3) is 0 Å². The lowest BCUT2D eigenvalue weighted by molar-refractivity contribution is -0.203. The fourth-order valence-corrected chi connectivity index (χ4v) is 1.43. The summed E-state index contributed by atoms with van der Waals surface area (Å²) in [5.41, 5.74) is 1.06. The van der Waals surface area contributed by atoms with Crippen LogP contribution in [0.25, 0.3) is 0 Å². The first-order valence-electron chi connectivity index (χ1n) is 4.36. The molecule has 0 aromatic rings. The van der Waals surface area contributed by atoms with Gasteiger partial charge in [-0.05, 0) is 6.42 Å². The van der Waals surface area contributed by atoms with Crippen LogP contribution in [0.15, 0.2) is 23.8 Å². The van der Waals surface area contributed by atoms with Gasteiger partial charge in [-0.1, -0.05) is 18.2 Å². The van der Waals surface area contributed by atoms with Gasteiger partial charge in [-0.2, -0.15) is 26.3 Å². The van der Waals surface area contributed by atoms with Gasteiger partial charge in [0, 0.05) is 6.54 Å². The molecule has 1 unspecified atom stereocenters. The van der Waals surface area contributed by atoms with E-state index in [2.05, 4.69) is 0 Å². The van der Waals surface area contributed by atoms with Crippen LogP contribution in [0, 0.1) is 5.41 Å². The maximum atomic E-state index is 12.6. The van der Waals surface area contributed by atoms with E-state index in [0.29, 0.717) is 6.08 Å². The molecular weight excluding hydrogens is 236 g/mol. The van der Waals surface area contributed by atoms with E-state index in [-0.39, 0.29) is 6.08 Å². The molecular formula is C9H9F6N. The molecule has 1 atom stereocenters. The standard InChI is InChI=1S/C9H9F6N/c10-8(11,12)6-2-1-3-7(4-6,5-16)9(13,14)15/h1-2,4H,3,5,16H2. The number of alkyl halides is 6. The molecule has 0 fully saturated rings. The Bertz CT molecular complexity index is 324. The normalized spacial score (nSPS) is 26.8. The predicted octanol–water partition coefficient (Wildman–Crippen LogP) is 2.94. The fourth-order valence-electron chi connectivity index (χ4n) is 1.43. The van der Waals surface area contributed by atoms with Crippen molar-refractivity contribution in [1.29, 1.82) is 0 Å². The van der Waals surface area contributed by atoms with Crippen molar-refractivity contribution in [2.45, 2.75) is 18.8 Å². The van der Waals surface area contributed by atoms with Crippen LogP contribution < -0.4 is 5.73 Å². The summed E-state index contributed by atoms with van der Waals surface area (Å²) in [5.74, 6) is 0. The third-order valence-electron chi connectivity index (χ3n) is 2.47. The second-order valence-electron chi connectivity index (χ2n) is 3.56. The Balaban J connectivity index is 3.18. The monoisotopic (exact) mass is 245 g/mol. The number of hydrogen-bond acceptors (Lipinski definition) is 1. The number of nitrogens with two attached hydrogens (primary N) is 1. The van der Waals surface area contributed by atoms with Gasteiger partial charge in [0.1, 0.15) is 5.41 Å². The molecule has 0 amide bonds. The summed E-state index contributed by atoms with van der Waals surface area (Å²) in [6, 6.07) is 0. The van der Waals surface area contributed by atoms with Gasteiger partial charge in [0.05, 0.1) is 5.57 Å². The molecule has 0 radical (unpaired) electrons. The molecule has 0 spiro atoms. The van der Waals surface area contributed by atoms with E-state index in [1.807, 2.05) is 0 Å². The average Bonchev–Trinajstić information content (AvgIpc) is 2.15. The van der Waals surface area contributed by atoms with Gasteiger partial charge >= 0.3 is 12.4 Å². The van der Waals surface area contributed by atoms with Gasteiger partial charge < -0.3 is 5.73 Å². The van der Waals surface area contributed by atoms with Crippen LogP contribution in [0.4, 0.5) is 26.3 Å². The van der Waals surface area contributed by atoms with E-state index in [4.69, 9.17) is 5.73 Å². The van der Waals surface area contributed by atoms with Gasteiger partial charge in [-0.25, -0.2) is 0 Å². The van der Waals surface area contributed by atoms with Crippen molar-refractivity contribution in [1.82, 2.24) is 0 Å². The minimum absolute atomic E-state index is 0.174. The van der Waals surface area contributed by atoms with Crippen LogP contribution in [0.5, 0.6) is 0 Å². The summed E-state index contributed by atoms with van der Waals surface area (Å²) in [6.45, 7) is -0.902. The van der Waals surface area contributed by atoms with Crippen molar-refractivity contribution in [2.24, 2.45) is 11.1 Å². The Morgan fingerprint density at radius 2 is 1.75 bits per heavy atom. The third kappa shape index (κ3) is 2.23. The Hall–Kier alpha value is -0.980. The van der Waals surface area contributed by atoms with Crippen LogP contribution >= 0.6 is 0 Å². The predicted molar refractivity (Wildman–Crippen MR) is 45.4 cm³/mol. The zero-order valence-corrected chi connectivity index (χ0v) is 7.99. The molecule has 0 aliphatic heterocycles. The van der Waals surface area contributed by atoms with Crippen molar-refractivity contribution in [3.05, 3.63) is 23.8 Å². The second-order valence-corrected chi connectivity index (χ2v) is 3.56. The summed E-state index contributed by atoms with van der Waals surface area (Å²) in [5, 5.41) is 0. The Kier molecular flexibility index (Phi) is 3.11. The topological polar surface area (TPSA) is 26.0 Å². The zero-order valence-electron chi connectivity index (χ0n) is 7.99. The Morgan fingerprint density at radius 1 is 1.19 bits per heavy atom. The van der Waals surface area contributed by atoms with Crippen LogP contribution in [-0.4, -0.2) is 18.9 Å². The molecule has 1 aliphatic rings. The number of rotatable bonds is 1. The summed E-state index contributed by atoms with van der Waals surface area (Å²) in [6.07, 6.45) is -8.48. The van der Waals surface area contributed by atoms with Crippen LogP contribution in [0.3, 0.4) is 0 Å². The van der Waals surface area contributed by atoms with Crippen molar-refractivity contribution >= 4 is 0 Å². The highest BCUT2D eigenvalue weighted by Gasteiger charge is 2.54. The highest BCUT2D eigenvalue weighted by Crippen LogP contribution is 2.46. The maximum absolute atomic E-state index is 12.6. The van der Waals surface area contributed by atoms with E-state index in [1.165, 1.54) is 0 Å². The molecule has 2 N–H and O–H groups in total. The van der Waals surface area contributed by atoms with E-state index < -0.39 is 36.3 Å². The van der Waals surface area contributed by atoms with E-state index in [9.17, 15) is 26.3 Å². The summed E-state index contributed by atoms with van der Waals surface area (Å²) < 4.78 is 74.7. The number of halogens is 6. The highest BCUT2D eigenvalue weighted by atomic mass is 19.4. The SMILES string of the molecule is NCC1(C(F)(F)F)C=C(C(F)(F)F)C=CC1. The lowest BCUT2D eigenvalue weighted by atomic mass is 9.78. The molecule has 92 valence electrons. The second kappa shape index (κ2) is 3.80. The molecule has 0 bridgehead atoms. The molecule has 0 aromatic heterocycles. The van der Waals surface area contributed by atoms with Crippen molar-refractivity contribution in [2.75, 3.05) is 6.54 Å². The molecule has 7 heteroatoms. The molecule has 1 aliphatic carbocycles. The van der Waals surface area contributed by atoms with E-state index in [1.54, 1.807) is 0 Å². The summed E-state index contributed by atoms with van der Waals surface area (Å²) >= 11 is 0. The van der Waals surface area contributed by atoms with Crippen LogP contribution in [-0.2, 0) is 0 Å². The first kappa shape index (κ1) is 13.1. The van der Waals surface area contributed by atoms with Gasteiger partial charge in [-0.15, -0.1) is 0 Å². The Labute approximate surface area is 87.6 Å². The first-order valence-corrected chi connectivity index (χ1v) is 4.36. The van der Waals surface area contributed by atoms with Crippen molar-refractivity contribution in [3.8, 4) is 0 Å². The van der Waals surface area contributed by atoms with E-state index in [0.717, 1.165) is 6.08 Å². The molecule has 16 heavy (non-hydrogen) atoms. The smallest absolute Gasteiger partial charge is 0.329 e. The minimum atomic E-state index is -4.79. The van der Waals surface area contributed by atoms with Gasteiger partial charge in [-0.3, -0.25) is 0 Å². The largest absolute Gasteiger partial charge is 0.416 e. The van der Waals surface area contributed by atoms with Crippen LogP contribution in [0.1, 0.15) is 6.42 Å². The highest BCUT2D eigenvalue weighted by molar-refractivity contribution is 5.32. The molecule has 0 saturated carbocycles. The molecule has 0 aromatic carbocycles.